The molecule has 0 fully saturated rings. The van der Waals surface area contributed by atoms with E-state index in [0.29, 0.717) is 30.4 Å². The number of carbonyl (C=O) groups excluding carboxylic acids is 1. The van der Waals surface area contributed by atoms with E-state index in [2.05, 4.69) is 16.0 Å². The van der Waals surface area contributed by atoms with Gasteiger partial charge in [-0.25, -0.2) is 0 Å². The predicted octanol–water partition coefficient (Wildman–Crippen LogP) is 3.18. The molecule has 0 unspecified atom stereocenters. The first-order valence-electron chi connectivity index (χ1n) is 8.20. The molecule has 0 N–H and O–H groups in total. The molecule has 1 aliphatic carbocycles. The molecule has 0 saturated heterocycles. The highest BCUT2D eigenvalue weighted by atomic mass is 16.5. The third-order valence-corrected chi connectivity index (χ3v) is 5.00. The normalized spacial score (nSPS) is 18.5. The zero-order valence-electron chi connectivity index (χ0n) is 13.9. The van der Waals surface area contributed by atoms with Gasteiger partial charge in [-0.1, -0.05) is 12.1 Å². The molecule has 5 nitrogen and oxygen atoms in total. The Morgan fingerprint density at radius 1 is 1.25 bits per heavy atom. The maximum atomic E-state index is 12.2. The van der Waals surface area contributed by atoms with Gasteiger partial charge in [0, 0.05) is 42.4 Å². The Labute approximate surface area is 141 Å². The Balaban J connectivity index is 1.71. The zero-order chi connectivity index (χ0) is 16.7. The van der Waals surface area contributed by atoms with Gasteiger partial charge in [0.05, 0.1) is 20.8 Å². The summed E-state index contributed by atoms with van der Waals surface area (Å²) in [5, 5.41) is 0. The molecular formula is C19H20N2O3. The number of ketones is 1. The first-order valence-corrected chi connectivity index (χ1v) is 8.20. The molecule has 0 radical (unpaired) electrons. The second kappa shape index (κ2) is 5.82. The van der Waals surface area contributed by atoms with Crippen LogP contribution in [0, 0.1) is 0 Å². The summed E-state index contributed by atoms with van der Waals surface area (Å²) < 4.78 is 10.9. The Kier molecular flexibility index (Phi) is 3.63. The Morgan fingerprint density at radius 3 is 2.92 bits per heavy atom. The van der Waals surface area contributed by atoms with Crippen LogP contribution in [0.25, 0.3) is 0 Å². The predicted molar refractivity (Wildman–Crippen MR) is 91.1 cm³/mol. The summed E-state index contributed by atoms with van der Waals surface area (Å²) in [6.45, 7) is 1.56. The first kappa shape index (κ1) is 15.0. The maximum absolute atomic E-state index is 12.2. The van der Waals surface area contributed by atoms with E-state index in [1.165, 1.54) is 5.56 Å². The van der Waals surface area contributed by atoms with E-state index < -0.39 is 0 Å². The van der Waals surface area contributed by atoms with Gasteiger partial charge in [0.15, 0.2) is 17.3 Å². The fourth-order valence-electron chi connectivity index (χ4n) is 3.93. The average Bonchev–Trinajstić information content (AvgIpc) is 2.97. The number of pyridine rings is 1. The van der Waals surface area contributed by atoms with Crippen molar-refractivity contribution in [1.82, 2.24) is 4.98 Å². The number of benzene rings is 1. The van der Waals surface area contributed by atoms with Crippen LogP contribution in [0.15, 0.2) is 30.5 Å². The number of methoxy groups -OCH3 is 2. The number of hydrogen-bond acceptors (Lipinski definition) is 5. The Hall–Kier alpha value is -2.56. The van der Waals surface area contributed by atoms with Crippen molar-refractivity contribution in [1.29, 1.82) is 0 Å². The standard InChI is InChI=1S/C19H20N2O3/c1-23-17-8-9-20-14(19(17)24-2)11-21-10-12-6-7-16(22)13-4-3-5-15(21)18(12)13/h3-5,8-9,12H,6-7,10-11H2,1-2H3/t12-/m1/s1. The lowest BCUT2D eigenvalue weighted by Gasteiger charge is -2.21. The van der Waals surface area contributed by atoms with Gasteiger partial charge in [-0.05, 0) is 18.1 Å². The third-order valence-electron chi connectivity index (χ3n) is 5.00. The van der Waals surface area contributed by atoms with Crippen LogP contribution in [0.2, 0.25) is 0 Å². The minimum absolute atomic E-state index is 0.266. The molecule has 0 bridgehead atoms. The van der Waals surface area contributed by atoms with Crippen LogP contribution in [0.1, 0.15) is 40.4 Å². The fraction of sp³-hybridized carbons (Fsp3) is 0.368. The van der Waals surface area contributed by atoms with E-state index in [0.717, 1.165) is 29.9 Å². The smallest absolute Gasteiger partial charge is 0.184 e. The van der Waals surface area contributed by atoms with Crippen LogP contribution in [-0.2, 0) is 6.54 Å². The van der Waals surface area contributed by atoms with Crippen molar-refractivity contribution in [3.05, 3.63) is 47.3 Å². The highest BCUT2D eigenvalue weighted by Gasteiger charge is 2.36. The Bertz CT molecular complexity index is 803. The molecule has 1 aliphatic heterocycles. The van der Waals surface area contributed by atoms with Crippen LogP contribution in [0.5, 0.6) is 11.5 Å². The van der Waals surface area contributed by atoms with E-state index in [4.69, 9.17) is 9.47 Å². The minimum Gasteiger partial charge on any atom is -0.493 e. The van der Waals surface area contributed by atoms with Gasteiger partial charge in [0.25, 0.3) is 0 Å². The number of rotatable bonds is 4. The fourth-order valence-corrected chi connectivity index (χ4v) is 3.93. The van der Waals surface area contributed by atoms with Crippen molar-refractivity contribution in [3.63, 3.8) is 0 Å². The van der Waals surface area contributed by atoms with Crippen molar-refractivity contribution < 1.29 is 14.3 Å². The summed E-state index contributed by atoms with van der Waals surface area (Å²) in [7, 11) is 3.26. The summed E-state index contributed by atoms with van der Waals surface area (Å²) in [4.78, 5) is 19.0. The quantitative estimate of drug-likeness (QED) is 0.864. The molecule has 1 aromatic carbocycles. The largest absolute Gasteiger partial charge is 0.493 e. The summed E-state index contributed by atoms with van der Waals surface area (Å²) >= 11 is 0. The molecule has 124 valence electrons. The summed E-state index contributed by atoms with van der Waals surface area (Å²) in [5.74, 6) is 2.06. The van der Waals surface area contributed by atoms with Crippen molar-refractivity contribution in [2.24, 2.45) is 0 Å². The lowest BCUT2D eigenvalue weighted by atomic mass is 9.83. The van der Waals surface area contributed by atoms with Crippen LogP contribution >= 0.6 is 0 Å². The van der Waals surface area contributed by atoms with Gasteiger partial charge in [-0.3, -0.25) is 9.78 Å². The molecule has 2 aromatic rings. The van der Waals surface area contributed by atoms with Crippen molar-refractivity contribution in [2.75, 3.05) is 25.7 Å². The number of Topliss-reactive ketones (excluding diaryl/α,β-unsaturated/α-hetero) is 1. The van der Waals surface area contributed by atoms with Crippen molar-refractivity contribution in [2.45, 2.75) is 25.3 Å². The highest BCUT2D eigenvalue weighted by Crippen LogP contribution is 2.45. The van der Waals surface area contributed by atoms with Crippen LogP contribution in [-0.4, -0.2) is 31.5 Å². The van der Waals surface area contributed by atoms with Gasteiger partial charge in [-0.15, -0.1) is 0 Å². The number of nitrogens with zero attached hydrogens (tertiary/aromatic N) is 2. The highest BCUT2D eigenvalue weighted by molar-refractivity contribution is 6.01. The monoisotopic (exact) mass is 324 g/mol. The lowest BCUT2D eigenvalue weighted by Crippen LogP contribution is -2.23. The molecule has 0 amide bonds. The van der Waals surface area contributed by atoms with Gasteiger partial charge in [0.1, 0.15) is 5.69 Å². The van der Waals surface area contributed by atoms with Gasteiger partial charge < -0.3 is 14.4 Å². The van der Waals surface area contributed by atoms with Crippen molar-refractivity contribution >= 4 is 11.5 Å². The number of ether oxygens (including phenoxy) is 2. The molecule has 1 aromatic heterocycles. The molecule has 1 atom stereocenters. The molecule has 2 heterocycles. The minimum atomic E-state index is 0.266. The number of carbonyl (C=O) groups is 1. The van der Waals surface area contributed by atoms with Gasteiger partial charge in [-0.2, -0.15) is 0 Å². The summed E-state index contributed by atoms with van der Waals surface area (Å²) in [6.07, 6.45) is 3.32. The first-order chi connectivity index (χ1) is 11.7. The zero-order valence-corrected chi connectivity index (χ0v) is 13.9. The molecule has 2 aliphatic rings. The van der Waals surface area contributed by atoms with E-state index >= 15 is 0 Å². The summed E-state index contributed by atoms with van der Waals surface area (Å²) in [5.41, 5.74) is 4.11. The third kappa shape index (κ3) is 2.23. The van der Waals surface area contributed by atoms with Gasteiger partial charge >= 0.3 is 0 Å². The van der Waals surface area contributed by atoms with Gasteiger partial charge in [0.2, 0.25) is 0 Å². The van der Waals surface area contributed by atoms with Crippen LogP contribution in [0.3, 0.4) is 0 Å². The number of anilines is 1. The average molecular weight is 324 g/mol. The SMILES string of the molecule is COc1ccnc(CN2C[C@H]3CCC(=O)c4cccc2c43)c1OC. The molecule has 5 heteroatoms. The topological polar surface area (TPSA) is 51.7 Å². The van der Waals surface area contributed by atoms with E-state index in [-0.39, 0.29) is 5.78 Å². The number of hydrogen-bond donors (Lipinski definition) is 0. The van der Waals surface area contributed by atoms with E-state index in [1.807, 2.05) is 12.1 Å². The van der Waals surface area contributed by atoms with Crippen LogP contribution < -0.4 is 14.4 Å². The molecule has 24 heavy (non-hydrogen) atoms. The summed E-state index contributed by atoms with van der Waals surface area (Å²) in [6, 6.07) is 7.84. The van der Waals surface area contributed by atoms with Crippen molar-refractivity contribution in [3.8, 4) is 11.5 Å². The lowest BCUT2D eigenvalue weighted by molar-refractivity contribution is 0.0968. The second-order valence-corrected chi connectivity index (χ2v) is 6.27. The molecule has 4 rings (SSSR count). The number of aromatic nitrogens is 1. The maximum Gasteiger partial charge on any atom is 0.184 e. The Morgan fingerprint density at radius 2 is 2.12 bits per heavy atom. The van der Waals surface area contributed by atoms with E-state index in [1.54, 1.807) is 26.5 Å². The molecular weight excluding hydrogens is 304 g/mol. The molecule has 0 spiro atoms. The second-order valence-electron chi connectivity index (χ2n) is 6.27. The van der Waals surface area contributed by atoms with Crippen LogP contribution in [0.4, 0.5) is 5.69 Å². The van der Waals surface area contributed by atoms with E-state index in [9.17, 15) is 4.79 Å². The molecule has 0 saturated carbocycles.